The van der Waals surface area contributed by atoms with E-state index in [1.165, 1.54) is 0 Å². The van der Waals surface area contributed by atoms with E-state index in [1.54, 1.807) is 0 Å². The molecule has 0 unspecified atom stereocenters. The van der Waals surface area contributed by atoms with Crippen LogP contribution in [0.3, 0.4) is 0 Å². The SMILES string of the molecule is O.O.O.OCCO.[OH-].[OH-].[OH-].[Ti].[Ti]. The van der Waals surface area contributed by atoms with Crippen LogP contribution in [0.25, 0.3) is 0 Å². The van der Waals surface area contributed by atoms with Crippen molar-refractivity contribution in [3.05, 3.63) is 0 Å². The maximum atomic E-state index is 7.62. The fourth-order valence-electron chi connectivity index (χ4n) is 0. The van der Waals surface area contributed by atoms with Crippen LogP contribution in [0.4, 0.5) is 0 Å². The van der Waals surface area contributed by atoms with Gasteiger partial charge in [-0.05, 0) is 0 Å². The van der Waals surface area contributed by atoms with Gasteiger partial charge in [-0.1, -0.05) is 0 Å². The van der Waals surface area contributed by atoms with Crippen LogP contribution in [-0.4, -0.2) is 56.3 Å². The molecule has 12 heavy (non-hydrogen) atoms. The second kappa shape index (κ2) is 155. The monoisotopic (exact) mass is 263 g/mol. The molecule has 0 aromatic heterocycles. The van der Waals surface area contributed by atoms with Gasteiger partial charge in [0, 0.05) is 43.4 Å². The third-order valence-electron chi connectivity index (χ3n) is 0.1000. The van der Waals surface area contributed by atoms with Crippen LogP contribution in [0, 0.1) is 0 Å². The van der Waals surface area contributed by atoms with E-state index < -0.39 is 0 Å². The van der Waals surface area contributed by atoms with E-state index in [4.69, 9.17) is 10.2 Å². The molecule has 11 N–H and O–H groups in total. The molecule has 0 spiro atoms. The summed E-state index contributed by atoms with van der Waals surface area (Å²) in [5.74, 6) is 0. The Bertz CT molecular complexity index is 17.0. The normalized spacial score (nSPS) is 2.50. The molecule has 0 bridgehead atoms. The number of aliphatic hydroxyl groups is 2. The van der Waals surface area contributed by atoms with Crippen molar-refractivity contribution in [3.63, 3.8) is 0 Å². The minimum absolute atomic E-state index is 0. The molecular formula is C2H15O8Ti2-3. The summed E-state index contributed by atoms with van der Waals surface area (Å²) in [4.78, 5) is 0. The zero-order chi connectivity index (χ0) is 3.41. The van der Waals surface area contributed by atoms with Gasteiger partial charge in [0.15, 0.2) is 0 Å². The van der Waals surface area contributed by atoms with E-state index in [0.29, 0.717) is 0 Å². The summed E-state index contributed by atoms with van der Waals surface area (Å²) in [5.41, 5.74) is 0. The van der Waals surface area contributed by atoms with Crippen LogP contribution in [0.5, 0.6) is 0 Å². The molecule has 0 amide bonds. The van der Waals surface area contributed by atoms with E-state index in [2.05, 4.69) is 0 Å². The summed E-state index contributed by atoms with van der Waals surface area (Å²) < 4.78 is 0. The van der Waals surface area contributed by atoms with Crippen LogP contribution in [0.2, 0.25) is 0 Å². The van der Waals surface area contributed by atoms with Crippen LogP contribution in [0.15, 0.2) is 0 Å². The van der Waals surface area contributed by atoms with Gasteiger partial charge in [-0.2, -0.15) is 0 Å². The number of aliphatic hydroxyl groups excluding tert-OH is 2. The topological polar surface area (TPSA) is 225 Å². The summed E-state index contributed by atoms with van der Waals surface area (Å²) in [7, 11) is 0. The van der Waals surface area contributed by atoms with Gasteiger partial charge in [0.25, 0.3) is 0 Å². The fourth-order valence-corrected chi connectivity index (χ4v) is 0. The van der Waals surface area contributed by atoms with Crippen LogP contribution in [0.1, 0.15) is 0 Å². The van der Waals surface area contributed by atoms with E-state index in [9.17, 15) is 0 Å². The zero-order valence-corrected chi connectivity index (χ0v) is 9.27. The molecule has 82 valence electrons. The summed E-state index contributed by atoms with van der Waals surface area (Å²) >= 11 is 0. The molecule has 0 aliphatic carbocycles. The quantitative estimate of drug-likeness (QED) is 0.448. The van der Waals surface area contributed by atoms with E-state index in [-0.39, 0.29) is 89.5 Å². The second-order valence-electron chi connectivity index (χ2n) is 0.447. The molecule has 0 aromatic rings. The average Bonchev–Trinajstić information content (AvgIpc) is 1.37. The molecule has 0 aromatic carbocycles. The zero-order valence-electron chi connectivity index (χ0n) is 6.15. The molecule has 10 heteroatoms. The standard InChI is InChI=1S/C2H6O2.6H2O.2Ti/c3-1-2-4;;;;;;;;/h3-4H,1-2H2;6*1H2;;/p-3. The molecule has 0 atom stereocenters. The third kappa shape index (κ3) is 255. The van der Waals surface area contributed by atoms with Gasteiger partial charge >= 0.3 is 0 Å². The molecule has 0 heterocycles. The summed E-state index contributed by atoms with van der Waals surface area (Å²) in [6, 6.07) is 0. The molecule has 8 nitrogen and oxygen atoms in total. The fraction of sp³-hybridized carbons (Fsp3) is 1.00. The Morgan fingerprint density at radius 2 is 0.667 bits per heavy atom. The Morgan fingerprint density at radius 1 is 0.583 bits per heavy atom. The van der Waals surface area contributed by atoms with Gasteiger partial charge < -0.3 is 43.1 Å². The Balaban J connectivity index is -0.00000000161. The van der Waals surface area contributed by atoms with Crippen molar-refractivity contribution >= 4 is 0 Å². The van der Waals surface area contributed by atoms with Crippen molar-refractivity contribution in [2.24, 2.45) is 0 Å². The van der Waals surface area contributed by atoms with Crippen LogP contribution < -0.4 is 0 Å². The van der Waals surface area contributed by atoms with Crippen LogP contribution in [-0.2, 0) is 43.4 Å². The van der Waals surface area contributed by atoms with Crippen molar-refractivity contribution in [3.8, 4) is 0 Å². The van der Waals surface area contributed by atoms with Gasteiger partial charge in [-0.15, -0.1) is 0 Å². The summed E-state index contributed by atoms with van der Waals surface area (Å²) in [6.07, 6.45) is 0. The van der Waals surface area contributed by atoms with Gasteiger partial charge in [-0.25, -0.2) is 0 Å². The van der Waals surface area contributed by atoms with Crippen molar-refractivity contribution in [2.45, 2.75) is 0 Å². The molecule has 0 aliphatic rings. The summed E-state index contributed by atoms with van der Waals surface area (Å²) in [5, 5.41) is 15.2. The third-order valence-corrected chi connectivity index (χ3v) is 0.1000. The Hall–Kier alpha value is 1.11. The van der Waals surface area contributed by atoms with Crippen LogP contribution >= 0.6 is 0 Å². The smallest absolute Gasteiger partial charge is 0.0662 e. The molecule has 0 aliphatic heterocycles. The van der Waals surface area contributed by atoms with Gasteiger partial charge in [0.05, 0.1) is 13.2 Å². The molecular weight excluding hydrogens is 248 g/mol. The van der Waals surface area contributed by atoms with Crippen molar-refractivity contribution in [2.75, 3.05) is 13.2 Å². The van der Waals surface area contributed by atoms with E-state index in [0.717, 1.165) is 0 Å². The maximum absolute atomic E-state index is 7.62. The van der Waals surface area contributed by atoms with E-state index in [1.807, 2.05) is 0 Å². The molecule has 0 fully saturated rings. The molecule has 0 saturated carbocycles. The first-order chi connectivity index (χ1) is 1.91. The van der Waals surface area contributed by atoms with Crippen molar-refractivity contribution < 1.29 is 86.5 Å². The van der Waals surface area contributed by atoms with Crippen molar-refractivity contribution in [1.82, 2.24) is 0 Å². The Labute approximate surface area is 99.6 Å². The van der Waals surface area contributed by atoms with Gasteiger partial charge in [0.1, 0.15) is 0 Å². The predicted molar refractivity (Wildman–Crippen MR) is 30.8 cm³/mol. The average molecular weight is 263 g/mol. The second-order valence-corrected chi connectivity index (χ2v) is 0.447. The van der Waals surface area contributed by atoms with Gasteiger partial charge in [-0.3, -0.25) is 0 Å². The minimum atomic E-state index is -0.125. The predicted octanol–water partition coefficient (Wildman–Crippen LogP) is -4.04. The van der Waals surface area contributed by atoms with Crippen molar-refractivity contribution in [1.29, 1.82) is 0 Å². The Morgan fingerprint density at radius 3 is 0.667 bits per heavy atom. The first kappa shape index (κ1) is 114. The Kier molecular flexibility index (Phi) is 1470. The number of rotatable bonds is 1. The number of hydrogen-bond donors (Lipinski definition) is 2. The summed E-state index contributed by atoms with van der Waals surface area (Å²) in [6.45, 7) is -0.250. The number of hydrogen-bond acceptors (Lipinski definition) is 5. The van der Waals surface area contributed by atoms with E-state index >= 15 is 0 Å². The minimum Gasteiger partial charge on any atom is -0.870 e. The molecule has 0 radical (unpaired) electrons. The van der Waals surface area contributed by atoms with Gasteiger partial charge in [0.2, 0.25) is 0 Å². The first-order valence-electron chi connectivity index (χ1n) is 1.13. The molecule has 0 rings (SSSR count). The first-order valence-corrected chi connectivity index (χ1v) is 1.13. The maximum Gasteiger partial charge on any atom is 0.0662 e. The largest absolute Gasteiger partial charge is 0.870 e. The molecule has 0 saturated heterocycles.